The molecule has 0 aromatic rings. The third-order valence-electron chi connectivity index (χ3n) is 1.29. The molecule has 1 heterocycles. The molecule has 0 unspecified atom stereocenters. The Hall–Kier alpha value is -0.870. The topological polar surface area (TPSA) is 42.8 Å². The molecule has 0 saturated heterocycles. The molecule has 62 valence electrons. The number of hydrogen-bond donors (Lipinski definition) is 1. The first-order chi connectivity index (χ1) is 5.33. The molecule has 0 aromatic carbocycles. The van der Waals surface area contributed by atoms with Gasteiger partial charge < -0.3 is 4.84 Å². The van der Waals surface area contributed by atoms with Crippen LogP contribution < -0.4 is 5.48 Å². The maximum atomic E-state index is 5.13. The van der Waals surface area contributed by atoms with E-state index >= 15 is 0 Å². The Bertz CT molecular complexity index is 168. The van der Waals surface area contributed by atoms with Crippen LogP contribution in [0.2, 0.25) is 0 Å². The van der Waals surface area contributed by atoms with Crippen LogP contribution in [0.15, 0.2) is 17.3 Å². The fourth-order valence-electron chi connectivity index (χ4n) is 0.742. The average molecular weight is 156 g/mol. The quantitative estimate of drug-likeness (QED) is 0.359. The van der Waals surface area contributed by atoms with Crippen LogP contribution in [0, 0.1) is 0 Å². The van der Waals surface area contributed by atoms with E-state index in [1.54, 1.807) is 6.21 Å². The smallest absolute Gasteiger partial charge is 0.136 e. The predicted molar refractivity (Wildman–Crippen MR) is 42.1 cm³/mol. The van der Waals surface area contributed by atoms with E-state index in [0.29, 0.717) is 0 Å². The summed E-state index contributed by atoms with van der Waals surface area (Å²) >= 11 is 0. The van der Waals surface area contributed by atoms with Gasteiger partial charge in [0.2, 0.25) is 0 Å². The Morgan fingerprint density at radius 3 is 3.00 bits per heavy atom. The van der Waals surface area contributed by atoms with Crippen LogP contribution in [-0.4, -0.2) is 25.5 Å². The number of hydroxylamine groups is 1. The molecular weight excluding hydrogens is 144 g/mol. The zero-order chi connectivity index (χ0) is 8.10. The Morgan fingerprint density at radius 1 is 1.64 bits per heavy atom. The van der Waals surface area contributed by atoms with E-state index in [1.165, 1.54) is 7.11 Å². The van der Waals surface area contributed by atoms with Crippen molar-refractivity contribution in [3.63, 3.8) is 0 Å². The molecule has 0 aliphatic carbocycles. The lowest BCUT2D eigenvalue weighted by Gasteiger charge is -2.18. The average Bonchev–Trinajstić information content (AvgIpc) is 2.04. The van der Waals surface area contributed by atoms with Crippen molar-refractivity contribution in [2.24, 2.45) is 5.16 Å². The first kappa shape index (κ1) is 8.23. The number of rotatable bonds is 2. The van der Waals surface area contributed by atoms with Crippen molar-refractivity contribution in [1.29, 1.82) is 0 Å². The molecule has 1 rings (SSSR count). The minimum Gasteiger partial charge on any atom is -0.399 e. The van der Waals surface area contributed by atoms with Crippen molar-refractivity contribution in [3.05, 3.63) is 12.2 Å². The fraction of sp³-hybridized carbons (Fsp3) is 0.571. The Kier molecular flexibility index (Phi) is 3.07. The van der Waals surface area contributed by atoms with Gasteiger partial charge in [-0.25, -0.2) is 0 Å². The lowest BCUT2D eigenvalue weighted by Crippen LogP contribution is -2.34. The molecule has 4 nitrogen and oxygen atoms in total. The van der Waals surface area contributed by atoms with Crippen LogP contribution in [0.1, 0.15) is 6.92 Å². The van der Waals surface area contributed by atoms with Crippen molar-refractivity contribution < 1.29 is 9.68 Å². The second-order valence-electron chi connectivity index (χ2n) is 2.31. The van der Waals surface area contributed by atoms with Gasteiger partial charge >= 0.3 is 0 Å². The Labute approximate surface area is 65.8 Å². The van der Waals surface area contributed by atoms with Gasteiger partial charge in [-0.3, -0.25) is 4.84 Å². The summed E-state index contributed by atoms with van der Waals surface area (Å²) in [5, 5.41) is 3.58. The SMILES string of the molecule is CO/N=C/[C@H]1C=C[C@@H](C)NO1. The number of nitrogens with zero attached hydrogens (tertiary/aromatic N) is 1. The van der Waals surface area contributed by atoms with E-state index in [0.717, 1.165) is 0 Å². The summed E-state index contributed by atoms with van der Waals surface area (Å²) in [6, 6.07) is 0.266. The van der Waals surface area contributed by atoms with Gasteiger partial charge in [-0.1, -0.05) is 17.3 Å². The lowest BCUT2D eigenvalue weighted by molar-refractivity contribution is 0.0133. The van der Waals surface area contributed by atoms with Crippen molar-refractivity contribution >= 4 is 6.21 Å². The molecule has 1 aliphatic heterocycles. The molecule has 0 saturated carbocycles. The summed E-state index contributed by atoms with van der Waals surface area (Å²) in [7, 11) is 1.50. The summed E-state index contributed by atoms with van der Waals surface area (Å²) in [6.07, 6.45) is 5.39. The maximum absolute atomic E-state index is 5.13. The highest BCUT2D eigenvalue weighted by atomic mass is 16.7. The highest BCUT2D eigenvalue weighted by Crippen LogP contribution is 1.99. The van der Waals surface area contributed by atoms with Gasteiger partial charge in [0, 0.05) is 6.04 Å². The van der Waals surface area contributed by atoms with Crippen LogP contribution in [0.3, 0.4) is 0 Å². The van der Waals surface area contributed by atoms with E-state index in [4.69, 9.17) is 4.84 Å². The molecule has 2 atom stereocenters. The van der Waals surface area contributed by atoms with Crippen molar-refractivity contribution in [2.75, 3.05) is 7.11 Å². The van der Waals surface area contributed by atoms with E-state index in [1.807, 2.05) is 19.1 Å². The zero-order valence-electron chi connectivity index (χ0n) is 6.65. The van der Waals surface area contributed by atoms with Crippen LogP contribution in [-0.2, 0) is 9.68 Å². The highest BCUT2D eigenvalue weighted by molar-refractivity contribution is 5.65. The van der Waals surface area contributed by atoms with E-state index in [-0.39, 0.29) is 12.1 Å². The monoisotopic (exact) mass is 156 g/mol. The van der Waals surface area contributed by atoms with E-state index in [9.17, 15) is 0 Å². The van der Waals surface area contributed by atoms with Gasteiger partial charge in [0.25, 0.3) is 0 Å². The summed E-state index contributed by atoms with van der Waals surface area (Å²) in [6.45, 7) is 2.00. The number of hydrogen-bond acceptors (Lipinski definition) is 4. The minimum absolute atomic E-state index is 0.119. The normalized spacial score (nSPS) is 31.1. The molecule has 0 fully saturated rings. The Balaban J connectivity index is 2.38. The third kappa shape index (κ3) is 2.69. The molecular formula is C7H12N2O2. The molecule has 1 N–H and O–H groups in total. The molecule has 0 amide bonds. The summed E-state index contributed by atoms with van der Waals surface area (Å²) < 4.78 is 0. The summed E-state index contributed by atoms with van der Waals surface area (Å²) in [4.78, 5) is 9.63. The molecule has 11 heavy (non-hydrogen) atoms. The van der Waals surface area contributed by atoms with Crippen LogP contribution >= 0.6 is 0 Å². The van der Waals surface area contributed by atoms with Crippen LogP contribution in [0.5, 0.6) is 0 Å². The van der Waals surface area contributed by atoms with E-state index in [2.05, 4.69) is 15.5 Å². The van der Waals surface area contributed by atoms with Gasteiger partial charge in [0.1, 0.15) is 13.2 Å². The second-order valence-corrected chi connectivity index (χ2v) is 2.31. The van der Waals surface area contributed by atoms with Gasteiger partial charge in [-0.15, -0.1) is 0 Å². The molecule has 0 aromatic heterocycles. The first-order valence-corrected chi connectivity index (χ1v) is 3.49. The van der Waals surface area contributed by atoms with Crippen molar-refractivity contribution in [3.8, 4) is 0 Å². The first-order valence-electron chi connectivity index (χ1n) is 3.49. The van der Waals surface area contributed by atoms with Crippen LogP contribution in [0.25, 0.3) is 0 Å². The van der Waals surface area contributed by atoms with Gasteiger partial charge in [-0.05, 0) is 6.92 Å². The van der Waals surface area contributed by atoms with Gasteiger partial charge in [-0.2, -0.15) is 5.48 Å². The second kappa shape index (κ2) is 4.10. The van der Waals surface area contributed by atoms with Crippen molar-refractivity contribution in [1.82, 2.24) is 5.48 Å². The van der Waals surface area contributed by atoms with Gasteiger partial charge in [0.15, 0.2) is 0 Å². The molecule has 0 radical (unpaired) electrons. The summed E-state index contributed by atoms with van der Waals surface area (Å²) in [5.74, 6) is 0. The van der Waals surface area contributed by atoms with Crippen molar-refractivity contribution in [2.45, 2.75) is 19.1 Å². The Morgan fingerprint density at radius 2 is 2.45 bits per heavy atom. The van der Waals surface area contributed by atoms with Crippen LogP contribution in [0.4, 0.5) is 0 Å². The molecule has 0 spiro atoms. The third-order valence-corrected chi connectivity index (χ3v) is 1.29. The standard InChI is InChI=1S/C7H12N2O2/c1-6-3-4-7(11-9-6)5-8-10-2/h3-7,9H,1-2H3/b8-5+/t6-,7-/m1/s1. The largest absolute Gasteiger partial charge is 0.399 e. The summed E-state index contributed by atoms with van der Waals surface area (Å²) in [5.41, 5.74) is 2.81. The highest BCUT2D eigenvalue weighted by Gasteiger charge is 2.09. The zero-order valence-corrected chi connectivity index (χ0v) is 6.65. The molecule has 0 bridgehead atoms. The molecule has 4 heteroatoms. The predicted octanol–water partition coefficient (Wildman–Crippen LogP) is 0.467. The molecule has 1 aliphatic rings. The van der Waals surface area contributed by atoms with E-state index < -0.39 is 0 Å². The number of oxime groups is 1. The number of nitrogens with one attached hydrogen (secondary N) is 1. The van der Waals surface area contributed by atoms with Gasteiger partial charge in [0.05, 0.1) is 6.21 Å². The minimum atomic E-state index is -0.119. The lowest BCUT2D eigenvalue weighted by atomic mass is 10.2. The fourth-order valence-corrected chi connectivity index (χ4v) is 0.742. The maximum Gasteiger partial charge on any atom is 0.136 e.